The highest BCUT2D eigenvalue weighted by Crippen LogP contribution is 2.36. The molecule has 0 bridgehead atoms. The molecule has 4 aromatic rings. The normalized spacial score (nSPS) is 14.3. The van der Waals surface area contributed by atoms with Gasteiger partial charge in [0.2, 0.25) is 0 Å². The predicted octanol–water partition coefficient (Wildman–Crippen LogP) is 7.25. The van der Waals surface area contributed by atoms with Gasteiger partial charge in [-0.15, -0.1) is 0 Å². The first-order chi connectivity index (χ1) is 17.5. The fourth-order valence-corrected chi connectivity index (χ4v) is 4.22. The van der Waals surface area contributed by atoms with Crippen LogP contribution in [0.5, 0.6) is 0 Å². The molecular weight excluding hydrogens is 474 g/mol. The van der Waals surface area contributed by atoms with Crippen LogP contribution in [0.25, 0.3) is 23.1 Å². The number of anilines is 1. The minimum Gasteiger partial charge on any atom is -0.462 e. The van der Waals surface area contributed by atoms with Crippen molar-refractivity contribution in [2.45, 2.75) is 6.92 Å². The molecule has 2 heterocycles. The van der Waals surface area contributed by atoms with Crippen LogP contribution in [0.2, 0.25) is 5.02 Å². The van der Waals surface area contributed by atoms with E-state index in [0.29, 0.717) is 40.0 Å². The number of carbonyl (C=O) groups excluding carboxylic acids is 2. The molecule has 3 aromatic carbocycles. The molecule has 178 valence electrons. The fraction of sp³-hybridized carbons (Fsp3) is 0.0667. The van der Waals surface area contributed by atoms with Crippen LogP contribution in [0.15, 0.2) is 107 Å². The summed E-state index contributed by atoms with van der Waals surface area (Å²) < 4.78 is 11.0. The molecule has 36 heavy (non-hydrogen) atoms. The number of rotatable bonds is 6. The second-order valence-corrected chi connectivity index (χ2v) is 8.55. The third-order valence-corrected chi connectivity index (χ3v) is 5.96. The van der Waals surface area contributed by atoms with Gasteiger partial charge in [0.25, 0.3) is 5.91 Å². The van der Waals surface area contributed by atoms with Gasteiger partial charge < -0.3 is 9.15 Å². The van der Waals surface area contributed by atoms with E-state index in [4.69, 9.17) is 20.8 Å². The number of carbonyl (C=O) groups is 2. The zero-order chi connectivity index (χ0) is 25.1. The van der Waals surface area contributed by atoms with Crippen molar-refractivity contribution in [2.75, 3.05) is 11.5 Å². The molecule has 1 aliphatic rings. The van der Waals surface area contributed by atoms with Gasteiger partial charge in [0.1, 0.15) is 11.5 Å². The summed E-state index contributed by atoms with van der Waals surface area (Å²) in [6, 6.07) is 27.6. The highest BCUT2D eigenvalue weighted by Gasteiger charge is 2.30. The monoisotopic (exact) mass is 495 g/mol. The van der Waals surface area contributed by atoms with Gasteiger partial charge in [0.05, 0.1) is 23.6 Å². The van der Waals surface area contributed by atoms with Gasteiger partial charge >= 0.3 is 5.97 Å². The van der Waals surface area contributed by atoms with Gasteiger partial charge in [-0.3, -0.25) is 9.69 Å². The first-order valence-electron chi connectivity index (χ1n) is 11.5. The van der Waals surface area contributed by atoms with E-state index in [-0.39, 0.29) is 11.9 Å². The molecule has 1 aromatic heterocycles. The Morgan fingerprint density at radius 3 is 2.44 bits per heavy atom. The topological polar surface area (TPSA) is 59.8 Å². The highest BCUT2D eigenvalue weighted by molar-refractivity contribution is 6.31. The molecule has 0 unspecified atom stereocenters. The molecule has 0 saturated carbocycles. The Labute approximate surface area is 213 Å². The largest absolute Gasteiger partial charge is 0.462 e. The van der Waals surface area contributed by atoms with E-state index >= 15 is 0 Å². The van der Waals surface area contributed by atoms with E-state index in [1.54, 1.807) is 54.3 Å². The van der Waals surface area contributed by atoms with Crippen molar-refractivity contribution in [1.82, 2.24) is 0 Å². The lowest BCUT2D eigenvalue weighted by Crippen LogP contribution is -2.24. The smallest absolute Gasteiger partial charge is 0.338 e. The second-order valence-electron chi connectivity index (χ2n) is 8.12. The number of benzene rings is 3. The van der Waals surface area contributed by atoms with Crippen molar-refractivity contribution in [2.24, 2.45) is 0 Å². The molecule has 0 spiro atoms. The Bertz CT molecular complexity index is 1480. The van der Waals surface area contributed by atoms with Crippen LogP contribution < -0.4 is 4.90 Å². The number of hydrogen-bond donors (Lipinski definition) is 0. The van der Waals surface area contributed by atoms with Crippen LogP contribution in [0.4, 0.5) is 5.69 Å². The maximum atomic E-state index is 13.5. The predicted molar refractivity (Wildman–Crippen MR) is 141 cm³/mol. The first kappa shape index (κ1) is 23.4. The Hall–Kier alpha value is -4.35. The summed E-state index contributed by atoms with van der Waals surface area (Å²) in [6.07, 6.45) is 3.58. The van der Waals surface area contributed by atoms with Gasteiger partial charge in [-0.1, -0.05) is 60.1 Å². The van der Waals surface area contributed by atoms with E-state index < -0.39 is 0 Å². The lowest BCUT2D eigenvalue weighted by molar-refractivity contribution is -0.113. The maximum Gasteiger partial charge on any atom is 0.338 e. The summed E-state index contributed by atoms with van der Waals surface area (Å²) in [5, 5.41) is 0.551. The third-order valence-electron chi connectivity index (χ3n) is 5.72. The van der Waals surface area contributed by atoms with Crippen LogP contribution in [-0.2, 0) is 9.53 Å². The van der Waals surface area contributed by atoms with Crippen molar-refractivity contribution >= 4 is 40.9 Å². The molecule has 0 saturated heterocycles. The Morgan fingerprint density at radius 1 is 0.944 bits per heavy atom. The lowest BCUT2D eigenvalue weighted by Gasteiger charge is -2.21. The van der Waals surface area contributed by atoms with Crippen molar-refractivity contribution < 1.29 is 18.7 Å². The van der Waals surface area contributed by atoms with Crippen LogP contribution in [0.3, 0.4) is 0 Å². The van der Waals surface area contributed by atoms with Crippen LogP contribution in [-0.4, -0.2) is 18.5 Å². The number of hydrogen-bond acceptors (Lipinski definition) is 4. The molecule has 0 aliphatic carbocycles. The third kappa shape index (κ3) is 4.74. The molecule has 5 nitrogen and oxygen atoms in total. The van der Waals surface area contributed by atoms with Gasteiger partial charge in [-0.2, -0.15) is 0 Å². The molecule has 0 fully saturated rings. The Kier molecular flexibility index (Phi) is 6.56. The average Bonchev–Trinajstić information content (AvgIpc) is 3.49. The molecule has 1 aliphatic heterocycles. The van der Waals surface area contributed by atoms with Crippen LogP contribution in [0.1, 0.15) is 28.6 Å². The van der Waals surface area contributed by atoms with Crippen molar-refractivity contribution in [3.63, 3.8) is 0 Å². The Morgan fingerprint density at radius 2 is 1.72 bits per heavy atom. The number of nitrogens with zero attached hydrogens (tertiary/aromatic N) is 1. The summed E-state index contributed by atoms with van der Waals surface area (Å²) >= 11 is 6.22. The highest BCUT2D eigenvalue weighted by atomic mass is 35.5. The van der Waals surface area contributed by atoms with E-state index in [1.807, 2.05) is 60.7 Å². The summed E-state index contributed by atoms with van der Waals surface area (Å²) in [7, 11) is 0. The summed E-state index contributed by atoms with van der Waals surface area (Å²) in [4.78, 5) is 27.1. The van der Waals surface area contributed by atoms with Gasteiger partial charge in [-0.05, 0) is 67.1 Å². The number of esters is 1. The molecule has 6 heteroatoms. The molecule has 0 N–H and O–H groups in total. The minimum atomic E-state index is -0.362. The Balaban J connectivity index is 1.46. The average molecular weight is 496 g/mol. The SMILES string of the molecule is CCOC(=O)c1ccc(-c2ccc(C=C3C=C(c4ccccc4)N(c4cccc(Cl)c4)C3=O)o2)cc1. The summed E-state index contributed by atoms with van der Waals surface area (Å²) in [5.74, 6) is 0.632. The van der Waals surface area contributed by atoms with Crippen molar-refractivity contribution in [3.05, 3.63) is 125 Å². The van der Waals surface area contributed by atoms with Gasteiger partial charge in [0.15, 0.2) is 0 Å². The van der Waals surface area contributed by atoms with E-state index in [1.165, 1.54) is 0 Å². The maximum absolute atomic E-state index is 13.5. The van der Waals surface area contributed by atoms with Crippen LogP contribution in [0, 0.1) is 0 Å². The van der Waals surface area contributed by atoms with Gasteiger partial charge in [-0.25, -0.2) is 4.79 Å². The molecule has 1 amide bonds. The van der Waals surface area contributed by atoms with Crippen molar-refractivity contribution in [1.29, 1.82) is 0 Å². The number of ether oxygens (including phenoxy) is 1. The lowest BCUT2D eigenvalue weighted by atomic mass is 10.1. The molecule has 0 radical (unpaired) electrons. The summed E-state index contributed by atoms with van der Waals surface area (Å²) in [5.41, 5.74) is 4.14. The van der Waals surface area contributed by atoms with E-state index in [9.17, 15) is 9.59 Å². The standard InChI is InChI=1S/C30H22ClNO4/c1-2-35-30(34)22-13-11-21(12-14-22)28-16-15-26(36-28)17-23-18-27(20-7-4-3-5-8-20)32(29(23)33)25-10-6-9-24(31)19-25/h3-19H,2H2,1H3. The molecule has 0 atom stereocenters. The van der Waals surface area contributed by atoms with Gasteiger partial charge in [0, 0.05) is 16.2 Å². The minimum absolute atomic E-state index is 0.173. The first-order valence-corrected chi connectivity index (χ1v) is 11.9. The second kappa shape index (κ2) is 10.1. The number of amides is 1. The van der Waals surface area contributed by atoms with E-state index in [2.05, 4.69) is 0 Å². The number of halogens is 1. The van der Waals surface area contributed by atoms with E-state index in [0.717, 1.165) is 16.8 Å². The zero-order valence-corrected chi connectivity index (χ0v) is 20.2. The van der Waals surface area contributed by atoms with Crippen molar-refractivity contribution in [3.8, 4) is 11.3 Å². The van der Waals surface area contributed by atoms with Crippen LogP contribution >= 0.6 is 11.6 Å². The summed E-state index contributed by atoms with van der Waals surface area (Å²) in [6.45, 7) is 2.09. The molecular formula is C30H22ClNO4. The fourth-order valence-electron chi connectivity index (χ4n) is 4.03. The number of furan rings is 1. The zero-order valence-electron chi connectivity index (χ0n) is 19.5. The molecule has 5 rings (SSSR count). The quantitative estimate of drug-likeness (QED) is 0.209.